The quantitative estimate of drug-likeness (QED) is 0.321. The Morgan fingerprint density at radius 2 is 1.65 bits per heavy atom. The van der Waals surface area contributed by atoms with Gasteiger partial charge in [0.15, 0.2) is 0 Å². The molecule has 7 nitrogen and oxygen atoms in total. The number of esters is 1. The Labute approximate surface area is 202 Å². The molecule has 0 aliphatic carbocycles. The van der Waals surface area contributed by atoms with Crippen molar-refractivity contribution in [2.24, 2.45) is 0 Å². The van der Waals surface area contributed by atoms with Crippen molar-refractivity contribution in [2.75, 3.05) is 18.5 Å². The molecule has 4 aromatic rings. The van der Waals surface area contributed by atoms with E-state index in [0.717, 1.165) is 14.9 Å². The predicted octanol–water partition coefficient (Wildman–Crippen LogP) is 5.00. The number of carbonyl (C=O) groups excluding carboxylic acids is 1. The van der Waals surface area contributed by atoms with Gasteiger partial charge in [0.2, 0.25) is 0 Å². The van der Waals surface area contributed by atoms with Crippen molar-refractivity contribution in [3.8, 4) is 16.3 Å². The highest BCUT2D eigenvalue weighted by atomic mass is 32.2. The maximum atomic E-state index is 13.2. The number of para-hydroxylation sites is 2. The van der Waals surface area contributed by atoms with Crippen LogP contribution < -0.4 is 9.04 Å². The number of hydrogen-bond donors (Lipinski definition) is 0. The summed E-state index contributed by atoms with van der Waals surface area (Å²) >= 11 is 1.40. The standard InChI is InChI=1S/C25H22N2O5S2/c1-27(19-10-4-3-5-11-19)34(29,30)23-15-9-7-13-21(23)25(28)32-16-18-17-33-24(26-18)20-12-6-8-14-22(20)31-2/h3-15,17H,16H2,1-2H3. The van der Waals surface area contributed by atoms with Crippen LogP contribution in [-0.4, -0.2) is 33.5 Å². The number of carbonyl (C=O) groups is 1. The van der Waals surface area contributed by atoms with Gasteiger partial charge in [-0.3, -0.25) is 4.31 Å². The molecule has 0 N–H and O–H groups in total. The van der Waals surface area contributed by atoms with Gasteiger partial charge in [0.1, 0.15) is 22.3 Å². The zero-order valence-corrected chi connectivity index (χ0v) is 20.2. The average molecular weight is 495 g/mol. The van der Waals surface area contributed by atoms with Crippen LogP contribution >= 0.6 is 11.3 Å². The predicted molar refractivity (Wildman–Crippen MR) is 132 cm³/mol. The Bertz CT molecular complexity index is 1400. The van der Waals surface area contributed by atoms with E-state index in [2.05, 4.69) is 4.98 Å². The van der Waals surface area contributed by atoms with Gasteiger partial charge >= 0.3 is 5.97 Å². The van der Waals surface area contributed by atoms with Crippen molar-refractivity contribution in [3.05, 3.63) is 95.5 Å². The summed E-state index contributed by atoms with van der Waals surface area (Å²) in [6.07, 6.45) is 0. The highest BCUT2D eigenvalue weighted by Crippen LogP contribution is 2.32. The minimum atomic E-state index is -3.99. The summed E-state index contributed by atoms with van der Waals surface area (Å²) in [7, 11) is -0.946. The van der Waals surface area contributed by atoms with E-state index in [1.54, 1.807) is 55.0 Å². The van der Waals surface area contributed by atoms with E-state index < -0.39 is 16.0 Å². The molecule has 0 radical (unpaired) electrons. The second-order valence-corrected chi connectivity index (χ2v) is 10.0. The summed E-state index contributed by atoms with van der Waals surface area (Å²) in [6.45, 7) is -0.0899. The molecule has 0 bridgehead atoms. The van der Waals surface area contributed by atoms with Crippen LogP contribution in [0.2, 0.25) is 0 Å². The maximum absolute atomic E-state index is 13.2. The first-order valence-corrected chi connectivity index (χ1v) is 12.6. The van der Waals surface area contributed by atoms with Gasteiger partial charge in [0, 0.05) is 12.4 Å². The minimum Gasteiger partial charge on any atom is -0.496 e. The summed E-state index contributed by atoms with van der Waals surface area (Å²) in [5, 5.41) is 2.52. The Balaban J connectivity index is 1.53. The molecule has 0 saturated carbocycles. The summed E-state index contributed by atoms with van der Waals surface area (Å²) in [5.41, 5.74) is 1.84. The number of sulfonamides is 1. The van der Waals surface area contributed by atoms with E-state index in [9.17, 15) is 13.2 Å². The van der Waals surface area contributed by atoms with Crippen LogP contribution in [0.25, 0.3) is 10.6 Å². The largest absolute Gasteiger partial charge is 0.496 e. The fraction of sp³-hybridized carbons (Fsp3) is 0.120. The van der Waals surface area contributed by atoms with Crippen LogP contribution in [-0.2, 0) is 21.4 Å². The fourth-order valence-electron chi connectivity index (χ4n) is 3.32. The molecule has 0 aliphatic rings. The van der Waals surface area contributed by atoms with Gasteiger partial charge in [-0.2, -0.15) is 0 Å². The minimum absolute atomic E-state index is 0.0366. The fourth-order valence-corrected chi connectivity index (χ4v) is 5.53. The maximum Gasteiger partial charge on any atom is 0.339 e. The van der Waals surface area contributed by atoms with E-state index in [-0.39, 0.29) is 17.1 Å². The van der Waals surface area contributed by atoms with Crippen LogP contribution in [0.3, 0.4) is 0 Å². The smallest absolute Gasteiger partial charge is 0.339 e. The third-order valence-electron chi connectivity index (χ3n) is 5.11. The van der Waals surface area contributed by atoms with Gasteiger partial charge in [0.05, 0.1) is 29.6 Å². The van der Waals surface area contributed by atoms with Crippen molar-refractivity contribution >= 4 is 33.0 Å². The van der Waals surface area contributed by atoms with Crippen molar-refractivity contribution in [2.45, 2.75) is 11.5 Å². The summed E-state index contributed by atoms with van der Waals surface area (Å²) in [6, 6.07) is 22.2. The Hall–Kier alpha value is -3.69. The molecule has 0 aliphatic heterocycles. The summed E-state index contributed by atoms with van der Waals surface area (Å²) in [4.78, 5) is 17.3. The molecular weight excluding hydrogens is 472 g/mol. The molecule has 0 unspecified atom stereocenters. The lowest BCUT2D eigenvalue weighted by Gasteiger charge is -2.20. The number of methoxy groups -OCH3 is 1. The number of benzene rings is 3. The molecule has 4 rings (SSSR count). The molecule has 0 saturated heterocycles. The lowest BCUT2D eigenvalue weighted by Crippen LogP contribution is -2.28. The van der Waals surface area contributed by atoms with E-state index in [1.807, 2.05) is 24.3 Å². The lowest BCUT2D eigenvalue weighted by atomic mass is 10.2. The molecule has 0 atom stereocenters. The van der Waals surface area contributed by atoms with E-state index in [1.165, 1.54) is 30.5 Å². The number of ether oxygens (including phenoxy) is 2. The molecule has 1 aromatic heterocycles. The van der Waals surface area contributed by atoms with E-state index in [4.69, 9.17) is 9.47 Å². The van der Waals surface area contributed by atoms with Gasteiger partial charge in [-0.15, -0.1) is 11.3 Å². The topological polar surface area (TPSA) is 85.8 Å². The highest BCUT2D eigenvalue weighted by Gasteiger charge is 2.27. The molecule has 174 valence electrons. The number of hydrogen-bond acceptors (Lipinski definition) is 7. The third kappa shape index (κ3) is 4.80. The summed E-state index contributed by atoms with van der Waals surface area (Å²) < 4.78 is 38.4. The number of rotatable bonds is 8. The van der Waals surface area contributed by atoms with Crippen molar-refractivity contribution < 1.29 is 22.7 Å². The molecule has 9 heteroatoms. The second-order valence-electron chi connectivity index (χ2n) is 7.22. The Morgan fingerprint density at radius 3 is 2.41 bits per heavy atom. The monoisotopic (exact) mass is 494 g/mol. The third-order valence-corrected chi connectivity index (χ3v) is 7.87. The molecule has 0 spiro atoms. The Morgan fingerprint density at radius 1 is 0.971 bits per heavy atom. The summed E-state index contributed by atoms with van der Waals surface area (Å²) in [5.74, 6) is -0.0467. The van der Waals surface area contributed by atoms with Crippen LogP contribution in [0.5, 0.6) is 5.75 Å². The molecule has 3 aromatic carbocycles. The number of thiazole rings is 1. The molecule has 0 fully saturated rings. The van der Waals surface area contributed by atoms with Crippen LogP contribution in [0.15, 0.2) is 89.1 Å². The van der Waals surface area contributed by atoms with Crippen LogP contribution in [0.1, 0.15) is 16.1 Å². The van der Waals surface area contributed by atoms with Gasteiger partial charge in [-0.25, -0.2) is 18.2 Å². The average Bonchev–Trinajstić information content (AvgIpc) is 3.36. The SMILES string of the molecule is COc1ccccc1-c1nc(COC(=O)c2ccccc2S(=O)(=O)N(C)c2ccccc2)cs1. The van der Waals surface area contributed by atoms with Crippen LogP contribution in [0.4, 0.5) is 5.69 Å². The second kappa shape index (κ2) is 10.1. The normalized spacial score (nSPS) is 11.1. The van der Waals surface area contributed by atoms with E-state index >= 15 is 0 Å². The zero-order valence-electron chi connectivity index (χ0n) is 18.5. The Kier molecular flexibility index (Phi) is 6.95. The molecule has 1 heterocycles. The number of aromatic nitrogens is 1. The molecule has 34 heavy (non-hydrogen) atoms. The van der Waals surface area contributed by atoms with Crippen molar-refractivity contribution in [1.29, 1.82) is 0 Å². The number of anilines is 1. The lowest BCUT2D eigenvalue weighted by molar-refractivity contribution is 0.0464. The van der Waals surface area contributed by atoms with Crippen molar-refractivity contribution in [3.63, 3.8) is 0 Å². The first-order valence-electron chi connectivity index (χ1n) is 10.3. The highest BCUT2D eigenvalue weighted by molar-refractivity contribution is 7.92. The van der Waals surface area contributed by atoms with E-state index in [0.29, 0.717) is 17.1 Å². The van der Waals surface area contributed by atoms with Crippen molar-refractivity contribution in [1.82, 2.24) is 4.98 Å². The van der Waals surface area contributed by atoms with Gasteiger partial charge in [-0.1, -0.05) is 42.5 Å². The number of nitrogens with zero attached hydrogens (tertiary/aromatic N) is 2. The first kappa shape index (κ1) is 23.5. The zero-order chi connectivity index (χ0) is 24.1. The van der Waals surface area contributed by atoms with Gasteiger partial charge in [-0.05, 0) is 36.4 Å². The van der Waals surface area contributed by atoms with Crippen LogP contribution in [0, 0.1) is 0 Å². The molecule has 0 amide bonds. The first-order chi connectivity index (χ1) is 16.4. The van der Waals surface area contributed by atoms with Gasteiger partial charge < -0.3 is 9.47 Å². The molecular formula is C25H22N2O5S2. The van der Waals surface area contributed by atoms with Gasteiger partial charge in [0.25, 0.3) is 10.0 Å².